The quantitative estimate of drug-likeness (QED) is 0.639. The van der Waals surface area contributed by atoms with Crippen LogP contribution in [0.1, 0.15) is 48.8 Å². The van der Waals surface area contributed by atoms with Crippen molar-refractivity contribution in [2.24, 2.45) is 5.92 Å². The highest BCUT2D eigenvalue weighted by molar-refractivity contribution is 6.04. The molecule has 0 atom stereocenters. The first kappa shape index (κ1) is 20.6. The van der Waals surface area contributed by atoms with Crippen LogP contribution in [0.4, 0.5) is 0 Å². The predicted octanol–water partition coefficient (Wildman–Crippen LogP) is 4.30. The molecule has 1 amide bonds. The lowest BCUT2D eigenvalue weighted by atomic mass is 9.96. The molecule has 0 spiro atoms. The molecule has 0 saturated carbocycles. The molecule has 1 aliphatic rings. The maximum absolute atomic E-state index is 12.9. The lowest BCUT2D eigenvalue weighted by Crippen LogP contribution is -2.39. The van der Waals surface area contributed by atoms with Gasteiger partial charge in [0.2, 0.25) is 0 Å². The van der Waals surface area contributed by atoms with Gasteiger partial charge in [-0.1, -0.05) is 48.5 Å². The van der Waals surface area contributed by atoms with E-state index in [9.17, 15) is 4.79 Å². The molecule has 30 heavy (non-hydrogen) atoms. The Labute approximate surface area is 179 Å². The van der Waals surface area contributed by atoms with E-state index in [0.29, 0.717) is 11.6 Å². The van der Waals surface area contributed by atoms with Gasteiger partial charge in [-0.05, 0) is 63.7 Å². The van der Waals surface area contributed by atoms with Crippen molar-refractivity contribution >= 4 is 16.8 Å². The van der Waals surface area contributed by atoms with Gasteiger partial charge in [-0.2, -0.15) is 5.10 Å². The summed E-state index contributed by atoms with van der Waals surface area (Å²) >= 11 is 0. The van der Waals surface area contributed by atoms with Gasteiger partial charge in [0.05, 0.1) is 5.52 Å². The highest BCUT2D eigenvalue weighted by Gasteiger charge is 2.22. The number of hydrogen-bond acceptors (Lipinski definition) is 3. The summed E-state index contributed by atoms with van der Waals surface area (Å²) in [7, 11) is 0. The molecular formula is C25H32N4O. The first-order valence-corrected chi connectivity index (χ1v) is 11.1. The van der Waals surface area contributed by atoms with Crippen LogP contribution >= 0.6 is 0 Å². The van der Waals surface area contributed by atoms with Crippen molar-refractivity contribution in [2.75, 3.05) is 26.2 Å². The molecule has 0 aliphatic carbocycles. The van der Waals surface area contributed by atoms with Gasteiger partial charge in [0, 0.05) is 24.5 Å². The van der Waals surface area contributed by atoms with Gasteiger partial charge in [0.25, 0.3) is 5.91 Å². The molecule has 2 aromatic carbocycles. The van der Waals surface area contributed by atoms with Crippen molar-refractivity contribution in [1.82, 2.24) is 20.0 Å². The lowest BCUT2D eigenvalue weighted by molar-refractivity contribution is 0.0932. The molecule has 3 aromatic rings. The topological polar surface area (TPSA) is 50.2 Å². The van der Waals surface area contributed by atoms with Crippen molar-refractivity contribution in [3.05, 3.63) is 65.9 Å². The fraction of sp³-hybridized carbons (Fsp3) is 0.440. The second-order valence-electron chi connectivity index (χ2n) is 8.63. The molecule has 1 aromatic heterocycles. The molecule has 0 unspecified atom stereocenters. The van der Waals surface area contributed by atoms with E-state index in [1.54, 1.807) is 0 Å². The highest BCUT2D eigenvalue weighted by atomic mass is 16.1. The third kappa shape index (κ3) is 4.73. The largest absolute Gasteiger partial charge is 0.350 e. The minimum Gasteiger partial charge on any atom is -0.350 e. The summed E-state index contributed by atoms with van der Waals surface area (Å²) < 4.78 is 1.94. The number of carbonyl (C=O) groups is 1. The highest BCUT2D eigenvalue weighted by Crippen LogP contribution is 2.22. The fourth-order valence-corrected chi connectivity index (χ4v) is 4.32. The van der Waals surface area contributed by atoms with Crippen molar-refractivity contribution in [2.45, 2.75) is 39.2 Å². The molecule has 4 rings (SSSR count). The van der Waals surface area contributed by atoms with Crippen molar-refractivity contribution in [3.63, 3.8) is 0 Å². The molecule has 2 heterocycles. The Kier molecular flexibility index (Phi) is 6.48. The number of likely N-dealkylation sites (tertiary alicyclic amines) is 1. The van der Waals surface area contributed by atoms with E-state index in [-0.39, 0.29) is 11.9 Å². The Morgan fingerprint density at radius 2 is 1.77 bits per heavy atom. The average molecular weight is 405 g/mol. The summed E-state index contributed by atoms with van der Waals surface area (Å²) in [6, 6.07) is 18.9. The van der Waals surface area contributed by atoms with E-state index < -0.39 is 0 Å². The average Bonchev–Trinajstić information content (AvgIpc) is 3.18. The minimum atomic E-state index is -0.0582. The van der Waals surface area contributed by atoms with E-state index in [4.69, 9.17) is 0 Å². The fourth-order valence-electron chi connectivity index (χ4n) is 4.32. The monoisotopic (exact) mass is 404 g/mol. The van der Waals surface area contributed by atoms with Crippen LogP contribution in [-0.4, -0.2) is 46.8 Å². The van der Waals surface area contributed by atoms with Gasteiger partial charge in [-0.25, -0.2) is 0 Å². The summed E-state index contributed by atoms with van der Waals surface area (Å²) in [5.74, 6) is 0.484. The van der Waals surface area contributed by atoms with Gasteiger partial charge >= 0.3 is 0 Å². The van der Waals surface area contributed by atoms with Crippen LogP contribution in [0, 0.1) is 5.92 Å². The zero-order valence-corrected chi connectivity index (χ0v) is 18.1. The summed E-state index contributed by atoms with van der Waals surface area (Å²) in [6.45, 7) is 8.24. The van der Waals surface area contributed by atoms with Crippen LogP contribution < -0.4 is 5.32 Å². The van der Waals surface area contributed by atoms with Crippen LogP contribution in [0.3, 0.4) is 0 Å². The number of fused-ring (bicyclic) bond motifs is 1. The number of rotatable bonds is 7. The molecule has 1 fully saturated rings. The normalized spacial score (nSPS) is 15.7. The number of nitrogens with one attached hydrogen (secondary N) is 1. The summed E-state index contributed by atoms with van der Waals surface area (Å²) in [4.78, 5) is 15.4. The number of carbonyl (C=O) groups excluding carboxylic acids is 1. The second-order valence-corrected chi connectivity index (χ2v) is 8.63. The van der Waals surface area contributed by atoms with E-state index in [1.165, 1.54) is 5.56 Å². The Morgan fingerprint density at radius 1 is 1.07 bits per heavy atom. The number of hydrogen-bond donors (Lipinski definition) is 1. The van der Waals surface area contributed by atoms with Crippen LogP contribution in [0.2, 0.25) is 0 Å². The minimum absolute atomic E-state index is 0.0582. The van der Waals surface area contributed by atoms with Crippen molar-refractivity contribution < 1.29 is 4.79 Å². The molecule has 0 radical (unpaired) electrons. The van der Waals surface area contributed by atoms with Gasteiger partial charge < -0.3 is 10.2 Å². The molecule has 1 N–H and O–H groups in total. The first-order chi connectivity index (χ1) is 14.6. The summed E-state index contributed by atoms with van der Waals surface area (Å²) in [6.07, 6.45) is 3.38. The van der Waals surface area contributed by atoms with Crippen molar-refractivity contribution in [1.29, 1.82) is 0 Å². The number of benzene rings is 2. The number of para-hydroxylation sites is 1. The lowest BCUT2D eigenvalue weighted by Gasteiger charge is -2.32. The summed E-state index contributed by atoms with van der Waals surface area (Å²) in [5, 5.41) is 8.70. The Bertz CT molecular complexity index is 971. The zero-order chi connectivity index (χ0) is 20.9. The Balaban J connectivity index is 1.28. The van der Waals surface area contributed by atoms with E-state index in [1.807, 2.05) is 28.9 Å². The molecule has 0 bridgehead atoms. The molecule has 158 valence electrons. The van der Waals surface area contributed by atoms with Gasteiger partial charge in [-0.3, -0.25) is 9.48 Å². The standard InChI is InChI=1S/C25H32N4O/c1-19(2)29-23-11-7-6-10-22(23)24(27-29)25(30)26-18-21-13-16-28(17-14-21)15-12-20-8-4-3-5-9-20/h3-11,19,21H,12-18H2,1-2H3,(H,26,30). The van der Waals surface area contributed by atoms with Gasteiger partial charge in [0.1, 0.15) is 0 Å². The molecule has 1 saturated heterocycles. The van der Waals surface area contributed by atoms with Crippen molar-refractivity contribution in [3.8, 4) is 0 Å². The van der Waals surface area contributed by atoms with Crippen LogP contribution in [0.15, 0.2) is 54.6 Å². The molecule has 5 nitrogen and oxygen atoms in total. The maximum Gasteiger partial charge on any atom is 0.272 e. The van der Waals surface area contributed by atoms with Crippen LogP contribution in [-0.2, 0) is 6.42 Å². The second kappa shape index (κ2) is 9.43. The number of nitrogens with zero attached hydrogens (tertiary/aromatic N) is 3. The van der Waals surface area contributed by atoms with Gasteiger partial charge in [0.15, 0.2) is 5.69 Å². The summed E-state index contributed by atoms with van der Waals surface area (Å²) in [5.41, 5.74) is 2.96. The number of piperidine rings is 1. The predicted molar refractivity (Wildman–Crippen MR) is 122 cm³/mol. The number of aromatic nitrogens is 2. The van der Waals surface area contributed by atoms with Crippen LogP contribution in [0.5, 0.6) is 0 Å². The number of amides is 1. The third-order valence-corrected chi connectivity index (χ3v) is 6.14. The Hall–Kier alpha value is -2.66. The zero-order valence-electron chi connectivity index (χ0n) is 18.1. The van der Waals surface area contributed by atoms with Crippen LogP contribution in [0.25, 0.3) is 10.9 Å². The molecular weight excluding hydrogens is 372 g/mol. The molecule has 5 heteroatoms. The first-order valence-electron chi connectivity index (χ1n) is 11.1. The smallest absolute Gasteiger partial charge is 0.272 e. The van der Waals surface area contributed by atoms with Gasteiger partial charge in [-0.15, -0.1) is 0 Å². The van der Waals surface area contributed by atoms with E-state index >= 15 is 0 Å². The Morgan fingerprint density at radius 3 is 2.50 bits per heavy atom. The SMILES string of the molecule is CC(C)n1nc(C(=O)NCC2CCN(CCc3ccccc3)CC2)c2ccccc21. The maximum atomic E-state index is 12.9. The van der Waals surface area contributed by atoms with E-state index in [0.717, 1.165) is 56.3 Å². The third-order valence-electron chi connectivity index (χ3n) is 6.14. The van der Waals surface area contributed by atoms with E-state index in [2.05, 4.69) is 59.5 Å². The molecule has 1 aliphatic heterocycles.